The smallest absolute Gasteiger partial charge is 0.0631 e. The number of hydrogen-bond acceptors (Lipinski definition) is 2. The van der Waals surface area contributed by atoms with Gasteiger partial charge in [-0.3, -0.25) is 4.68 Å². The first-order chi connectivity index (χ1) is 9.70. The molecule has 1 aliphatic carbocycles. The predicted molar refractivity (Wildman–Crippen MR) is 82.1 cm³/mol. The summed E-state index contributed by atoms with van der Waals surface area (Å²) in [5.74, 6) is 0.421. The lowest BCUT2D eigenvalue weighted by molar-refractivity contribution is 0.568. The first-order valence-corrected chi connectivity index (χ1v) is 7.56. The van der Waals surface area contributed by atoms with E-state index < -0.39 is 0 Å². The third kappa shape index (κ3) is 3.62. The number of aromatic nitrogens is 2. The molecule has 3 nitrogen and oxygen atoms in total. The molecule has 1 aromatic carbocycles. The van der Waals surface area contributed by atoms with Crippen LogP contribution in [0.4, 0.5) is 0 Å². The van der Waals surface area contributed by atoms with Gasteiger partial charge in [-0.05, 0) is 43.0 Å². The van der Waals surface area contributed by atoms with Crippen molar-refractivity contribution in [3.63, 3.8) is 0 Å². The van der Waals surface area contributed by atoms with E-state index in [1.54, 1.807) is 0 Å². The molecule has 4 heteroatoms. The van der Waals surface area contributed by atoms with Gasteiger partial charge in [0.05, 0.1) is 5.69 Å². The van der Waals surface area contributed by atoms with Crippen LogP contribution in [0.1, 0.15) is 30.0 Å². The zero-order chi connectivity index (χ0) is 13.9. The minimum atomic E-state index is 0.421. The molecule has 2 aromatic rings. The minimum Gasteiger partial charge on any atom is -0.313 e. The molecule has 0 spiro atoms. The van der Waals surface area contributed by atoms with Gasteiger partial charge in [-0.2, -0.15) is 5.10 Å². The Morgan fingerprint density at radius 1 is 1.40 bits per heavy atom. The van der Waals surface area contributed by atoms with E-state index in [0.29, 0.717) is 5.92 Å². The van der Waals surface area contributed by atoms with E-state index in [4.69, 9.17) is 11.6 Å². The molecule has 1 N–H and O–H groups in total. The van der Waals surface area contributed by atoms with Crippen molar-refractivity contribution in [3.05, 3.63) is 52.8 Å². The maximum absolute atomic E-state index is 6.13. The van der Waals surface area contributed by atoms with Crippen LogP contribution in [0, 0.1) is 0 Å². The van der Waals surface area contributed by atoms with Crippen molar-refractivity contribution in [2.75, 3.05) is 6.54 Å². The third-order valence-electron chi connectivity index (χ3n) is 3.77. The Labute approximate surface area is 124 Å². The zero-order valence-corrected chi connectivity index (χ0v) is 12.5. The van der Waals surface area contributed by atoms with Crippen LogP contribution in [0.5, 0.6) is 0 Å². The highest BCUT2D eigenvalue weighted by Gasteiger charge is 2.23. The van der Waals surface area contributed by atoms with Crippen molar-refractivity contribution >= 4 is 11.6 Å². The van der Waals surface area contributed by atoms with Crippen molar-refractivity contribution in [1.82, 2.24) is 15.1 Å². The first-order valence-electron chi connectivity index (χ1n) is 7.18. The number of halogens is 1. The van der Waals surface area contributed by atoms with E-state index in [2.05, 4.69) is 28.6 Å². The third-order valence-corrected chi connectivity index (χ3v) is 4.01. The predicted octanol–water partition coefficient (Wildman–Crippen LogP) is 3.15. The fourth-order valence-corrected chi connectivity index (χ4v) is 2.69. The summed E-state index contributed by atoms with van der Waals surface area (Å²) in [6.07, 6.45) is 5.57. The van der Waals surface area contributed by atoms with E-state index in [0.717, 1.165) is 29.7 Å². The Balaban J connectivity index is 1.74. The quantitative estimate of drug-likeness (QED) is 0.885. The Kier molecular flexibility index (Phi) is 4.08. The fourth-order valence-electron chi connectivity index (χ4n) is 2.49. The molecule has 0 saturated heterocycles. The van der Waals surface area contributed by atoms with Gasteiger partial charge in [0.15, 0.2) is 0 Å². The number of nitrogens with one attached hydrogen (secondary N) is 1. The molecular formula is C16H20ClN3. The van der Waals surface area contributed by atoms with Crippen LogP contribution in [0.2, 0.25) is 5.02 Å². The number of benzene rings is 1. The van der Waals surface area contributed by atoms with Crippen molar-refractivity contribution in [3.8, 4) is 0 Å². The van der Waals surface area contributed by atoms with Gasteiger partial charge in [-0.15, -0.1) is 0 Å². The summed E-state index contributed by atoms with van der Waals surface area (Å²) in [6.45, 7) is 0.988. The number of rotatable bonds is 6. The van der Waals surface area contributed by atoms with Gasteiger partial charge in [0, 0.05) is 36.8 Å². The summed E-state index contributed by atoms with van der Waals surface area (Å²) in [7, 11) is 1.96. The first kappa shape index (κ1) is 13.7. The van der Waals surface area contributed by atoms with Crippen LogP contribution in [0.25, 0.3) is 0 Å². The van der Waals surface area contributed by atoms with Gasteiger partial charge in [0.25, 0.3) is 0 Å². The highest BCUT2D eigenvalue weighted by Crippen LogP contribution is 2.25. The standard InChI is InChI=1S/C16H20ClN3/c1-20-8-7-16(19-20)10-13(11-18-15-5-6-15)12-3-2-4-14(17)9-12/h2-4,7-9,13,15,18H,5-6,10-11H2,1H3. The van der Waals surface area contributed by atoms with E-state index in [-0.39, 0.29) is 0 Å². The van der Waals surface area contributed by atoms with Crippen molar-refractivity contribution in [2.45, 2.75) is 31.2 Å². The molecule has 1 heterocycles. The molecule has 0 bridgehead atoms. The maximum atomic E-state index is 6.13. The van der Waals surface area contributed by atoms with Crippen LogP contribution in [-0.4, -0.2) is 22.4 Å². The van der Waals surface area contributed by atoms with Crippen molar-refractivity contribution in [2.24, 2.45) is 7.05 Å². The highest BCUT2D eigenvalue weighted by molar-refractivity contribution is 6.30. The summed E-state index contributed by atoms with van der Waals surface area (Å²) in [5.41, 5.74) is 2.42. The number of hydrogen-bond donors (Lipinski definition) is 1. The van der Waals surface area contributed by atoms with Crippen molar-refractivity contribution < 1.29 is 0 Å². The second-order valence-electron chi connectivity index (χ2n) is 5.62. The Bertz CT molecular complexity index is 575. The lowest BCUT2D eigenvalue weighted by Gasteiger charge is -2.17. The molecule has 106 valence electrons. The highest BCUT2D eigenvalue weighted by atomic mass is 35.5. The van der Waals surface area contributed by atoms with E-state index in [1.807, 2.05) is 30.1 Å². The van der Waals surface area contributed by atoms with E-state index >= 15 is 0 Å². The van der Waals surface area contributed by atoms with Crippen LogP contribution in [-0.2, 0) is 13.5 Å². The summed E-state index contributed by atoms with van der Waals surface area (Å²) in [5, 5.41) is 8.93. The number of nitrogens with zero attached hydrogens (tertiary/aromatic N) is 2. The topological polar surface area (TPSA) is 29.9 Å². The normalized spacial score (nSPS) is 16.3. The molecule has 20 heavy (non-hydrogen) atoms. The molecule has 1 unspecified atom stereocenters. The summed E-state index contributed by atoms with van der Waals surface area (Å²) >= 11 is 6.13. The molecule has 1 fully saturated rings. The number of aryl methyl sites for hydroxylation is 1. The largest absolute Gasteiger partial charge is 0.313 e. The van der Waals surface area contributed by atoms with Gasteiger partial charge < -0.3 is 5.32 Å². The summed E-state index contributed by atoms with van der Waals surface area (Å²) in [4.78, 5) is 0. The van der Waals surface area contributed by atoms with Crippen LogP contribution < -0.4 is 5.32 Å². The van der Waals surface area contributed by atoms with Crippen LogP contribution in [0.15, 0.2) is 36.5 Å². The average molecular weight is 290 g/mol. The monoisotopic (exact) mass is 289 g/mol. The van der Waals surface area contributed by atoms with Gasteiger partial charge in [0.2, 0.25) is 0 Å². The Morgan fingerprint density at radius 2 is 2.25 bits per heavy atom. The molecule has 1 aliphatic rings. The molecule has 1 atom stereocenters. The van der Waals surface area contributed by atoms with Gasteiger partial charge in [-0.25, -0.2) is 0 Å². The minimum absolute atomic E-state index is 0.421. The van der Waals surface area contributed by atoms with E-state index in [9.17, 15) is 0 Å². The molecule has 0 amide bonds. The lowest BCUT2D eigenvalue weighted by Crippen LogP contribution is -2.25. The average Bonchev–Trinajstić information content (AvgIpc) is 3.17. The lowest BCUT2D eigenvalue weighted by atomic mass is 9.94. The molecule has 0 aliphatic heterocycles. The van der Waals surface area contributed by atoms with Gasteiger partial charge >= 0.3 is 0 Å². The fraction of sp³-hybridized carbons (Fsp3) is 0.438. The molecular weight excluding hydrogens is 270 g/mol. The molecule has 0 radical (unpaired) electrons. The van der Waals surface area contributed by atoms with Crippen molar-refractivity contribution in [1.29, 1.82) is 0 Å². The van der Waals surface area contributed by atoms with Crippen LogP contribution in [0.3, 0.4) is 0 Å². The Hall–Kier alpha value is -1.32. The summed E-state index contributed by atoms with van der Waals surface area (Å²) < 4.78 is 1.86. The molecule has 3 rings (SSSR count). The van der Waals surface area contributed by atoms with Crippen LogP contribution >= 0.6 is 11.6 Å². The molecule has 1 aromatic heterocycles. The van der Waals surface area contributed by atoms with E-state index in [1.165, 1.54) is 18.4 Å². The zero-order valence-electron chi connectivity index (χ0n) is 11.7. The van der Waals surface area contributed by atoms with Gasteiger partial charge in [-0.1, -0.05) is 23.7 Å². The summed E-state index contributed by atoms with van der Waals surface area (Å²) in [6, 6.07) is 11.0. The SMILES string of the molecule is Cn1ccc(CC(CNC2CC2)c2cccc(Cl)c2)n1. The molecule has 1 saturated carbocycles. The maximum Gasteiger partial charge on any atom is 0.0631 e. The second-order valence-corrected chi connectivity index (χ2v) is 6.06. The van der Waals surface area contributed by atoms with Gasteiger partial charge in [0.1, 0.15) is 0 Å². The Morgan fingerprint density at radius 3 is 2.90 bits per heavy atom. The second kappa shape index (κ2) is 5.98.